The van der Waals surface area contributed by atoms with E-state index in [1.54, 1.807) is 7.05 Å². The molecule has 0 saturated carbocycles. The molecule has 10 heteroatoms. The number of hydrogen-bond donors (Lipinski definition) is 2. The van der Waals surface area contributed by atoms with Gasteiger partial charge in [0, 0.05) is 19.8 Å². The van der Waals surface area contributed by atoms with E-state index < -0.39 is 0 Å². The number of oxazole rings is 1. The molecule has 0 aromatic carbocycles. The highest BCUT2D eigenvalue weighted by atomic mass is 127. The predicted molar refractivity (Wildman–Crippen MR) is 131 cm³/mol. The van der Waals surface area contributed by atoms with Crippen molar-refractivity contribution in [2.24, 2.45) is 10.9 Å². The van der Waals surface area contributed by atoms with Crippen LogP contribution in [-0.4, -0.2) is 57.1 Å². The van der Waals surface area contributed by atoms with E-state index in [0.29, 0.717) is 12.5 Å². The normalized spacial score (nSPS) is 15.8. The van der Waals surface area contributed by atoms with E-state index in [1.807, 2.05) is 42.6 Å². The minimum Gasteiger partial charge on any atom is -0.444 e. The Balaban J connectivity index is 0.00000272. The number of nitrogens with zero attached hydrogens (tertiary/aromatic N) is 6. The van der Waals surface area contributed by atoms with Crippen LogP contribution >= 0.6 is 24.0 Å². The van der Waals surface area contributed by atoms with E-state index >= 15 is 0 Å². The first-order valence-electron chi connectivity index (χ1n) is 10.5. The number of likely N-dealkylation sites (tertiary alicyclic amines) is 1. The average Bonchev–Trinajstić information content (AvgIpc) is 3.32. The van der Waals surface area contributed by atoms with Gasteiger partial charge in [0.05, 0.1) is 18.8 Å². The number of nitrogens with one attached hydrogen (secondary N) is 2. The van der Waals surface area contributed by atoms with Crippen molar-refractivity contribution in [1.82, 2.24) is 35.1 Å². The Morgan fingerprint density at radius 1 is 1.19 bits per heavy atom. The van der Waals surface area contributed by atoms with Crippen molar-refractivity contribution in [2.45, 2.75) is 39.8 Å². The van der Waals surface area contributed by atoms with Crippen molar-refractivity contribution in [3.63, 3.8) is 0 Å². The Hall–Kier alpha value is -2.21. The maximum Gasteiger partial charge on any atom is 0.208 e. The van der Waals surface area contributed by atoms with Crippen LogP contribution in [0.5, 0.6) is 0 Å². The van der Waals surface area contributed by atoms with Crippen LogP contribution < -0.4 is 10.6 Å². The van der Waals surface area contributed by atoms with Crippen molar-refractivity contribution in [3.8, 4) is 0 Å². The monoisotopic (exact) mass is 538 g/mol. The number of aliphatic imine (C=N–C) groups is 1. The van der Waals surface area contributed by atoms with Crippen molar-refractivity contribution >= 4 is 35.6 Å². The molecule has 3 aromatic heterocycles. The predicted octanol–water partition coefficient (Wildman–Crippen LogP) is 2.53. The van der Waals surface area contributed by atoms with Crippen molar-refractivity contribution in [1.29, 1.82) is 0 Å². The van der Waals surface area contributed by atoms with Crippen LogP contribution in [-0.2, 0) is 13.1 Å². The number of rotatable bonds is 6. The van der Waals surface area contributed by atoms with Crippen molar-refractivity contribution in [3.05, 3.63) is 47.6 Å². The summed E-state index contributed by atoms with van der Waals surface area (Å²) >= 11 is 0. The molecular weight excluding hydrogens is 507 g/mol. The highest BCUT2D eigenvalue weighted by molar-refractivity contribution is 14.0. The smallest absolute Gasteiger partial charge is 0.208 e. The molecule has 3 aromatic rings. The summed E-state index contributed by atoms with van der Waals surface area (Å²) in [7, 11) is 1.79. The van der Waals surface area contributed by atoms with Gasteiger partial charge in [0.1, 0.15) is 5.76 Å². The number of guanidine groups is 1. The van der Waals surface area contributed by atoms with Crippen LogP contribution in [0.3, 0.4) is 0 Å². The minimum absolute atomic E-state index is 0. The third-order valence-corrected chi connectivity index (χ3v) is 5.72. The van der Waals surface area contributed by atoms with Gasteiger partial charge in [-0.2, -0.15) is 0 Å². The topological polar surface area (TPSA) is 95.9 Å². The van der Waals surface area contributed by atoms with Crippen molar-refractivity contribution < 1.29 is 4.42 Å². The van der Waals surface area contributed by atoms with Crippen LogP contribution in [0.15, 0.2) is 33.8 Å². The summed E-state index contributed by atoms with van der Waals surface area (Å²) in [5, 5.41) is 15.2. The molecule has 4 heterocycles. The number of aryl methyl sites for hydroxylation is 2. The summed E-state index contributed by atoms with van der Waals surface area (Å²) in [5.74, 6) is 4.02. The zero-order valence-corrected chi connectivity index (χ0v) is 20.7. The van der Waals surface area contributed by atoms with Gasteiger partial charge in [-0.05, 0) is 57.8 Å². The van der Waals surface area contributed by atoms with Gasteiger partial charge in [-0.1, -0.05) is 6.07 Å². The van der Waals surface area contributed by atoms with Gasteiger partial charge < -0.3 is 15.1 Å². The molecule has 168 valence electrons. The molecule has 1 fully saturated rings. The highest BCUT2D eigenvalue weighted by Crippen LogP contribution is 2.19. The van der Waals surface area contributed by atoms with E-state index in [0.717, 1.165) is 73.8 Å². The quantitative estimate of drug-likeness (QED) is 0.283. The average molecular weight is 538 g/mol. The Bertz CT molecular complexity index is 986. The van der Waals surface area contributed by atoms with Gasteiger partial charge in [-0.15, -0.1) is 34.2 Å². The lowest BCUT2D eigenvalue weighted by Gasteiger charge is -2.31. The van der Waals surface area contributed by atoms with Crippen LogP contribution in [0.4, 0.5) is 0 Å². The molecule has 0 spiro atoms. The summed E-state index contributed by atoms with van der Waals surface area (Å²) in [5.41, 5.74) is 1.83. The van der Waals surface area contributed by atoms with Crippen molar-refractivity contribution in [2.75, 3.05) is 26.7 Å². The maximum atomic E-state index is 5.72. The van der Waals surface area contributed by atoms with Gasteiger partial charge in [0.2, 0.25) is 5.89 Å². The Kier molecular flexibility index (Phi) is 8.24. The molecule has 0 amide bonds. The summed E-state index contributed by atoms with van der Waals surface area (Å²) in [4.78, 5) is 11.3. The fourth-order valence-corrected chi connectivity index (χ4v) is 3.78. The van der Waals surface area contributed by atoms with E-state index in [-0.39, 0.29) is 24.0 Å². The molecule has 4 rings (SSSR count). The highest BCUT2D eigenvalue weighted by Gasteiger charge is 2.21. The fraction of sp³-hybridized carbons (Fsp3) is 0.524. The summed E-state index contributed by atoms with van der Waals surface area (Å²) in [6, 6.07) is 5.88. The molecule has 0 aliphatic carbocycles. The zero-order chi connectivity index (χ0) is 20.9. The van der Waals surface area contributed by atoms with Crippen LogP contribution in [0.1, 0.15) is 36.0 Å². The molecule has 0 unspecified atom stereocenters. The number of aromatic nitrogens is 4. The molecule has 1 aliphatic rings. The van der Waals surface area contributed by atoms with Gasteiger partial charge in [-0.3, -0.25) is 14.3 Å². The summed E-state index contributed by atoms with van der Waals surface area (Å²) in [6.07, 6.45) is 4.27. The fourth-order valence-electron chi connectivity index (χ4n) is 3.78. The van der Waals surface area contributed by atoms with Gasteiger partial charge in [-0.25, -0.2) is 4.98 Å². The second kappa shape index (κ2) is 10.9. The lowest BCUT2D eigenvalue weighted by Crippen LogP contribution is -2.42. The Labute approximate surface area is 199 Å². The Morgan fingerprint density at radius 2 is 2.00 bits per heavy atom. The summed E-state index contributed by atoms with van der Waals surface area (Å²) < 4.78 is 7.70. The SMILES string of the molecule is CN=C(NCc1nnc2ccccn12)NCC1CCN(Cc2nc(C)c(C)o2)CC1.I. The lowest BCUT2D eigenvalue weighted by molar-refractivity contribution is 0.164. The van der Waals surface area contributed by atoms with E-state index in [4.69, 9.17) is 4.42 Å². The van der Waals surface area contributed by atoms with E-state index in [1.165, 1.54) is 0 Å². The second-order valence-electron chi connectivity index (χ2n) is 7.82. The molecule has 0 radical (unpaired) electrons. The molecule has 0 atom stereocenters. The molecule has 31 heavy (non-hydrogen) atoms. The van der Waals surface area contributed by atoms with Crippen LogP contribution in [0.25, 0.3) is 5.65 Å². The summed E-state index contributed by atoms with van der Waals surface area (Å²) in [6.45, 7) is 8.35. The molecule has 9 nitrogen and oxygen atoms in total. The van der Waals surface area contributed by atoms with Gasteiger partial charge in [0.15, 0.2) is 17.4 Å². The molecule has 1 aliphatic heterocycles. The first-order chi connectivity index (χ1) is 14.6. The third kappa shape index (κ3) is 5.94. The minimum atomic E-state index is 0. The number of fused-ring (bicyclic) bond motifs is 1. The molecule has 0 bridgehead atoms. The van der Waals surface area contributed by atoms with Crippen LogP contribution in [0, 0.1) is 19.8 Å². The molecule has 2 N–H and O–H groups in total. The maximum absolute atomic E-state index is 5.72. The number of halogens is 1. The number of pyridine rings is 1. The molecule has 1 saturated heterocycles. The Morgan fingerprint density at radius 3 is 2.71 bits per heavy atom. The molecular formula is C21H31IN8O. The van der Waals surface area contributed by atoms with Gasteiger partial charge in [0.25, 0.3) is 0 Å². The first kappa shape index (κ1) is 23.5. The largest absolute Gasteiger partial charge is 0.444 e. The lowest BCUT2D eigenvalue weighted by atomic mass is 9.97. The van der Waals surface area contributed by atoms with Crippen LogP contribution in [0.2, 0.25) is 0 Å². The third-order valence-electron chi connectivity index (χ3n) is 5.72. The van der Waals surface area contributed by atoms with E-state index in [9.17, 15) is 0 Å². The second-order valence-corrected chi connectivity index (χ2v) is 7.82. The number of hydrogen-bond acceptors (Lipinski definition) is 6. The van der Waals surface area contributed by atoms with Gasteiger partial charge >= 0.3 is 0 Å². The number of piperidine rings is 1. The zero-order valence-electron chi connectivity index (χ0n) is 18.3. The standard InChI is InChI=1S/C21H30N8O.HI/c1-15-16(2)30-20(25-15)14-28-10-7-17(8-11-28)12-23-21(22-3)24-13-19-27-26-18-6-4-5-9-29(18)19;/h4-6,9,17H,7-8,10-14H2,1-3H3,(H2,22,23,24);1H. The first-order valence-corrected chi connectivity index (χ1v) is 10.5. The van der Waals surface area contributed by atoms with E-state index in [2.05, 4.69) is 35.7 Å².